The summed E-state index contributed by atoms with van der Waals surface area (Å²) in [7, 11) is 0. The van der Waals surface area contributed by atoms with Crippen molar-refractivity contribution in [3.63, 3.8) is 0 Å². The molecule has 1 aromatic rings. The summed E-state index contributed by atoms with van der Waals surface area (Å²) in [6.45, 7) is 10.6. The summed E-state index contributed by atoms with van der Waals surface area (Å²) in [4.78, 5) is 4.45. The lowest BCUT2D eigenvalue weighted by molar-refractivity contribution is 0.234. The Kier molecular flexibility index (Phi) is 5.93. The van der Waals surface area contributed by atoms with Gasteiger partial charge in [0.25, 0.3) is 0 Å². The maximum atomic E-state index is 5.87. The van der Waals surface area contributed by atoms with Crippen LogP contribution >= 0.6 is 0 Å². The van der Waals surface area contributed by atoms with Crippen LogP contribution in [-0.2, 0) is 0 Å². The van der Waals surface area contributed by atoms with E-state index in [0.717, 1.165) is 18.7 Å². The molecule has 0 fully saturated rings. The number of nitrogen functional groups attached to an aromatic ring is 1. The largest absolute Gasteiger partial charge is 0.473 e. The van der Waals surface area contributed by atoms with Gasteiger partial charge >= 0.3 is 0 Å². The molecule has 0 aliphatic heterocycles. The van der Waals surface area contributed by atoms with Crippen molar-refractivity contribution in [3.05, 3.63) is 12.1 Å². The number of hydrogen-bond donors (Lipinski definition) is 2. The molecular weight excluding hydrogens is 238 g/mol. The minimum atomic E-state index is 0.0708. The summed E-state index contributed by atoms with van der Waals surface area (Å²) in [5.74, 6) is 1.98. The molecule has 1 rings (SSSR count). The van der Waals surface area contributed by atoms with Crippen molar-refractivity contribution in [1.29, 1.82) is 0 Å². The topological polar surface area (TPSA) is 60.2 Å². The highest BCUT2D eigenvalue weighted by atomic mass is 16.5. The molecule has 1 heterocycles. The number of nitrogens with two attached hydrogens (primary N) is 1. The van der Waals surface area contributed by atoms with Crippen molar-refractivity contribution >= 4 is 11.5 Å². The van der Waals surface area contributed by atoms with E-state index in [1.165, 1.54) is 0 Å². The average molecular weight is 265 g/mol. The van der Waals surface area contributed by atoms with Gasteiger partial charge in [-0.3, -0.25) is 0 Å². The summed E-state index contributed by atoms with van der Waals surface area (Å²) in [6, 6.07) is 4.13. The third-order valence-corrected chi connectivity index (χ3v) is 3.37. The maximum Gasteiger partial charge on any atom is 0.239 e. The SMILES string of the molecule is CCC(CC)C(C)Nc1ccc(N)c(OC(C)C)n1. The number of hydrogen-bond acceptors (Lipinski definition) is 4. The van der Waals surface area contributed by atoms with Gasteiger partial charge in [-0.25, -0.2) is 0 Å². The molecule has 0 bridgehead atoms. The maximum absolute atomic E-state index is 5.87. The third-order valence-electron chi connectivity index (χ3n) is 3.37. The summed E-state index contributed by atoms with van der Waals surface area (Å²) >= 11 is 0. The summed E-state index contributed by atoms with van der Waals surface area (Å²) in [5, 5.41) is 3.44. The van der Waals surface area contributed by atoms with Crippen LogP contribution in [0.25, 0.3) is 0 Å². The second-order valence-corrected chi connectivity index (χ2v) is 5.27. The highest BCUT2D eigenvalue weighted by molar-refractivity contribution is 5.53. The second-order valence-electron chi connectivity index (χ2n) is 5.27. The fraction of sp³-hybridized carbons (Fsp3) is 0.667. The molecular formula is C15H27N3O. The van der Waals surface area contributed by atoms with Gasteiger partial charge in [0.2, 0.25) is 5.88 Å². The van der Waals surface area contributed by atoms with Crippen LogP contribution in [0, 0.1) is 5.92 Å². The number of rotatable bonds is 7. The molecule has 0 spiro atoms. The molecule has 4 heteroatoms. The minimum absolute atomic E-state index is 0.0708. The highest BCUT2D eigenvalue weighted by Gasteiger charge is 2.14. The van der Waals surface area contributed by atoms with E-state index in [4.69, 9.17) is 10.5 Å². The Morgan fingerprint density at radius 2 is 1.84 bits per heavy atom. The Labute approximate surface area is 116 Å². The summed E-state index contributed by atoms with van der Waals surface area (Å²) in [5.41, 5.74) is 6.44. The zero-order chi connectivity index (χ0) is 14.4. The first-order valence-electron chi connectivity index (χ1n) is 7.17. The molecule has 1 atom stereocenters. The van der Waals surface area contributed by atoms with Gasteiger partial charge < -0.3 is 15.8 Å². The van der Waals surface area contributed by atoms with Gasteiger partial charge in [-0.05, 0) is 38.8 Å². The lowest BCUT2D eigenvalue weighted by Crippen LogP contribution is -2.25. The van der Waals surface area contributed by atoms with E-state index in [1.54, 1.807) is 0 Å². The first-order chi connectivity index (χ1) is 8.97. The van der Waals surface area contributed by atoms with Crippen molar-refractivity contribution in [2.24, 2.45) is 5.92 Å². The van der Waals surface area contributed by atoms with E-state index in [2.05, 4.69) is 31.1 Å². The molecule has 0 saturated heterocycles. The summed E-state index contributed by atoms with van der Waals surface area (Å²) < 4.78 is 5.60. The Morgan fingerprint density at radius 3 is 2.37 bits per heavy atom. The molecule has 0 aliphatic carbocycles. The van der Waals surface area contributed by atoms with Crippen molar-refractivity contribution in [1.82, 2.24) is 4.98 Å². The fourth-order valence-electron chi connectivity index (χ4n) is 2.20. The molecule has 1 unspecified atom stereocenters. The van der Waals surface area contributed by atoms with Gasteiger partial charge in [-0.2, -0.15) is 4.98 Å². The predicted octanol–water partition coefficient (Wildman–Crippen LogP) is 3.69. The molecule has 0 saturated carbocycles. The van der Waals surface area contributed by atoms with Crippen molar-refractivity contribution in [3.8, 4) is 5.88 Å². The fourth-order valence-corrected chi connectivity index (χ4v) is 2.20. The van der Waals surface area contributed by atoms with Gasteiger partial charge in [-0.15, -0.1) is 0 Å². The van der Waals surface area contributed by atoms with Gasteiger partial charge in [0.15, 0.2) is 0 Å². The van der Waals surface area contributed by atoms with E-state index in [9.17, 15) is 0 Å². The van der Waals surface area contributed by atoms with Crippen molar-refractivity contribution < 1.29 is 4.74 Å². The van der Waals surface area contributed by atoms with E-state index in [0.29, 0.717) is 23.5 Å². The Bertz CT molecular complexity index is 389. The smallest absolute Gasteiger partial charge is 0.239 e. The van der Waals surface area contributed by atoms with Gasteiger partial charge in [-0.1, -0.05) is 26.7 Å². The highest BCUT2D eigenvalue weighted by Crippen LogP contribution is 2.24. The van der Waals surface area contributed by atoms with Crippen LogP contribution in [-0.4, -0.2) is 17.1 Å². The molecule has 0 aromatic carbocycles. The molecule has 108 valence electrons. The monoisotopic (exact) mass is 265 g/mol. The average Bonchev–Trinajstić information content (AvgIpc) is 2.34. The zero-order valence-corrected chi connectivity index (χ0v) is 12.7. The number of ether oxygens (including phenoxy) is 1. The lowest BCUT2D eigenvalue weighted by atomic mass is 9.95. The molecule has 0 radical (unpaired) electrons. The Balaban J connectivity index is 2.78. The first kappa shape index (κ1) is 15.6. The van der Waals surface area contributed by atoms with E-state index >= 15 is 0 Å². The number of nitrogens with one attached hydrogen (secondary N) is 1. The minimum Gasteiger partial charge on any atom is -0.473 e. The molecule has 1 aromatic heterocycles. The number of anilines is 2. The molecule has 4 nitrogen and oxygen atoms in total. The zero-order valence-electron chi connectivity index (χ0n) is 12.7. The lowest BCUT2D eigenvalue weighted by Gasteiger charge is -2.23. The van der Waals surface area contributed by atoms with Crippen LogP contribution in [0.5, 0.6) is 5.88 Å². The Morgan fingerprint density at radius 1 is 1.21 bits per heavy atom. The van der Waals surface area contributed by atoms with E-state index < -0.39 is 0 Å². The van der Waals surface area contributed by atoms with E-state index in [-0.39, 0.29) is 6.10 Å². The van der Waals surface area contributed by atoms with Crippen LogP contribution < -0.4 is 15.8 Å². The van der Waals surface area contributed by atoms with E-state index in [1.807, 2.05) is 26.0 Å². The van der Waals surface area contributed by atoms with Crippen LogP contribution in [0.4, 0.5) is 11.5 Å². The first-order valence-corrected chi connectivity index (χ1v) is 7.17. The van der Waals surface area contributed by atoms with Gasteiger partial charge in [0, 0.05) is 6.04 Å². The Hall–Kier alpha value is -1.45. The van der Waals surface area contributed by atoms with Crippen LogP contribution in [0.3, 0.4) is 0 Å². The number of pyridine rings is 1. The normalized spacial score (nSPS) is 12.8. The third kappa shape index (κ3) is 4.62. The quantitative estimate of drug-likeness (QED) is 0.789. The van der Waals surface area contributed by atoms with Crippen LogP contribution in [0.15, 0.2) is 12.1 Å². The predicted molar refractivity (Wildman–Crippen MR) is 81.6 cm³/mol. The second kappa shape index (κ2) is 7.22. The summed E-state index contributed by atoms with van der Waals surface area (Å²) in [6.07, 6.45) is 2.39. The van der Waals surface area contributed by atoms with Gasteiger partial charge in [0.05, 0.1) is 11.8 Å². The van der Waals surface area contributed by atoms with Crippen molar-refractivity contribution in [2.45, 2.75) is 59.6 Å². The molecule has 19 heavy (non-hydrogen) atoms. The van der Waals surface area contributed by atoms with Crippen LogP contribution in [0.2, 0.25) is 0 Å². The molecule has 3 N–H and O–H groups in total. The van der Waals surface area contributed by atoms with Gasteiger partial charge in [0.1, 0.15) is 5.82 Å². The standard InChI is InChI=1S/C15H27N3O/c1-6-12(7-2)11(5)17-14-9-8-13(16)15(18-14)19-10(3)4/h8-12H,6-7,16H2,1-5H3,(H,17,18). The van der Waals surface area contributed by atoms with Crippen molar-refractivity contribution in [2.75, 3.05) is 11.1 Å². The van der Waals surface area contributed by atoms with Crippen LogP contribution in [0.1, 0.15) is 47.5 Å². The molecule has 0 amide bonds. The number of nitrogens with zero attached hydrogens (tertiary/aromatic N) is 1. The molecule has 0 aliphatic rings. The number of aromatic nitrogens is 1.